The number of aryl methyl sites for hydroxylation is 2. The number of hydrogen-bond acceptors (Lipinski definition) is 3. The van der Waals surface area contributed by atoms with Gasteiger partial charge in [0.15, 0.2) is 0 Å². The van der Waals surface area contributed by atoms with Crippen LogP contribution in [0.4, 0.5) is 0 Å². The van der Waals surface area contributed by atoms with Crippen molar-refractivity contribution in [2.75, 3.05) is 18.6 Å². The predicted octanol–water partition coefficient (Wildman–Crippen LogP) is 3.46. The summed E-state index contributed by atoms with van der Waals surface area (Å²) in [6, 6.07) is 4.29. The molecule has 2 N–H and O–H groups in total. The lowest BCUT2D eigenvalue weighted by Gasteiger charge is -2.18. The van der Waals surface area contributed by atoms with Crippen LogP contribution < -0.4 is 10.5 Å². The SMILES string of the molecule is CCCSCC(N)c1c(C)cc(C)cc1OC. The van der Waals surface area contributed by atoms with Gasteiger partial charge in [-0.2, -0.15) is 11.8 Å². The highest BCUT2D eigenvalue weighted by Gasteiger charge is 2.15. The summed E-state index contributed by atoms with van der Waals surface area (Å²) in [5.74, 6) is 3.04. The fourth-order valence-corrected chi connectivity index (χ4v) is 2.90. The zero-order valence-electron chi connectivity index (χ0n) is 11.2. The lowest BCUT2D eigenvalue weighted by atomic mass is 9.99. The van der Waals surface area contributed by atoms with Crippen molar-refractivity contribution in [3.8, 4) is 5.75 Å². The molecule has 0 saturated heterocycles. The molecule has 0 aliphatic carbocycles. The molecule has 1 aromatic carbocycles. The van der Waals surface area contributed by atoms with Gasteiger partial charge in [-0.1, -0.05) is 13.0 Å². The van der Waals surface area contributed by atoms with Crippen LogP contribution in [0.1, 0.15) is 36.1 Å². The minimum Gasteiger partial charge on any atom is -0.496 e. The predicted molar refractivity (Wildman–Crippen MR) is 77.0 cm³/mol. The third-order valence-corrected chi connectivity index (χ3v) is 4.02. The third-order valence-electron chi connectivity index (χ3n) is 2.73. The van der Waals surface area contributed by atoms with Crippen molar-refractivity contribution in [3.63, 3.8) is 0 Å². The van der Waals surface area contributed by atoms with Crippen LogP contribution in [-0.4, -0.2) is 18.6 Å². The summed E-state index contributed by atoms with van der Waals surface area (Å²) in [6.45, 7) is 6.38. The highest BCUT2D eigenvalue weighted by Crippen LogP contribution is 2.30. The first-order valence-corrected chi connectivity index (χ1v) is 7.24. The Bertz CT molecular complexity index is 365. The van der Waals surface area contributed by atoms with Gasteiger partial charge in [0.2, 0.25) is 0 Å². The standard InChI is InChI=1S/C14H23NOS/c1-5-6-17-9-12(15)14-11(3)7-10(2)8-13(14)16-4/h7-8,12H,5-6,9,15H2,1-4H3. The van der Waals surface area contributed by atoms with Crippen molar-refractivity contribution in [3.05, 3.63) is 28.8 Å². The maximum atomic E-state index is 6.26. The Morgan fingerprint density at radius 1 is 1.35 bits per heavy atom. The summed E-state index contributed by atoms with van der Waals surface area (Å²) in [6.07, 6.45) is 1.20. The first kappa shape index (κ1) is 14.4. The summed E-state index contributed by atoms with van der Waals surface area (Å²) >= 11 is 1.91. The molecule has 1 atom stereocenters. The molecule has 0 aliphatic rings. The number of methoxy groups -OCH3 is 1. The van der Waals surface area contributed by atoms with Crippen LogP contribution in [0.2, 0.25) is 0 Å². The van der Waals surface area contributed by atoms with Gasteiger partial charge < -0.3 is 10.5 Å². The maximum absolute atomic E-state index is 6.26. The quantitative estimate of drug-likeness (QED) is 0.789. The van der Waals surface area contributed by atoms with Gasteiger partial charge in [-0.25, -0.2) is 0 Å². The van der Waals surface area contributed by atoms with Gasteiger partial charge in [-0.3, -0.25) is 0 Å². The molecular formula is C14H23NOS. The van der Waals surface area contributed by atoms with Crippen LogP contribution in [-0.2, 0) is 0 Å². The zero-order chi connectivity index (χ0) is 12.8. The molecule has 0 radical (unpaired) electrons. The molecule has 3 heteroatoms. The smallest absolute Gasteiger partial charge is 0.124 e. The molecule has 2 nitrogen and oxygen atoms in total. The number of nitrogens with two attached hydrogens (primary N) is 1. The molecule has 0 amide bonds. The third kappa shape index (κ3) is 3.93. The van der Waals surface area contributed by atoms with E-state index < -0.39 is 0 Å². The Hall–Kier alpha value is -0.670. The van der Waals surface area contributed by atoms with Crippen molar-refractivity contribution in [1.29, 1.82) is 0 Å². The van der Waals surface area contributed by atoms with Crippen LogP contribution in [0.3, 0.4) is 0 Å². The first-order chi connectivity index (χ1) is 8.10. The molecular weight excluding hydrogens is 230 g/mol. The lowest BCUT2D eigenvalue weighted by molar-refractivity contribution is 0.406. The Morgan fingerprint density at radius 2 is 2.06 bits per heavy atom. The average molecular weight is 253 g/mol. The molecule has 17 heavy (non-hydrogen) atoms. The Balaban J connectivity index is 2.87. The van der Waals surface area contributed by atoms with Crippen molar-refractivity contribution in [1.82, 2.24) is 0 Å². The van der Waals surface area contributed by atoms with Crippen LogP contribution in [0.15, 0.2) is 12.1 Å². The molecule has 0 bridgehead atoms. The minimum absolute atomic E-state index is 0.0575. The largest absolute Gasteiger partial charge is 0.496 e. The second-order valence-corrected chi connectivity index (χ2v) is 5.53. The Kier molecular flexibility index (Phi) is 5.86. The highest BCUT2D eigenvalue weighted by atomic mass is 32.2. The summed E-state index contributed by atoms with van der Waals surface area (Å²) in [5.41, 5.74) is 9.86. The van der Waals surface area contributed by atoms with Crippen LogP contribution in [0.25, 0.3) is 0 Å². The average Bonchev–Trinajstić information content (AvgIpc) is 2.27. The normalized spacial score (nSPS) is 12.5. The number of hydrogen-bond donors (Lipinski definition) is 1. The van der Waals surface area contributed by atoms with Crippen molar-refractivity contribution < 1.29 is 4.74 Å². The van der Waals surface area contributed by atoms with Crippen molar-refractivity contribution in [2.24, 2.45) is 5.73 Å². The van der Waals surface area contributed by atoms with Gasteiger partial charge in [0, 0.05) is 17.4 Å². The van der Waals surface area contributed by atoms with Gasteiger partial charge >= 0.3 is 0 Å². The molecule has 1 rings (SSSR count). The van der Waals surface area contributed by atoms with E-state index in [-0.39, 0.29) is 6.04 Å². The van der Waals surface area contributed by atoms with Crippen LogP contribution in [0, 0.1) is 13.8 Å². The van der Waals surface area contributed by atoms with E-state index in [2.05, 4.69) is 32.9 Å². The Labute approximate surface area is 109 Å². The molecule has 0 aromatic heterocycles. The van der Waals surface area contributed by atoms with Crippen molar-refractivity contribution in [2.45, 2.75) is 33.2 Å². The van der Waals surface area contributed by atoms with E-state index in [0.717, 1.165) is 17.1 Å². The summed E-state index contributed by atoms with van der Waals surface area (Å²) in [4.78, 5) is 0. The molecule has 0 spiro atoms. The molecule has 1 aromatic rings. The molecule has 0 heterocycles. The molecule has 1 unspecified atom stereocenters. The fraction of sp³-hybridized carbons (Fsp3) is 0.571. The van der Waals surface area contributed by atoms with Crippen LogP contribution in [0.5, 0.6) is 5.75 Å². The second kappa shape index (κ2) is 6.92. The monoisotopic (exact) mass is 253 g/mol. The second-order valence-electron chi connectivity index (χ2n) is 4.38. The van der Waals surface area contributed by atoms with E-state index in [9.17, 15) is 0 Å². The first-order valence-electron chi connectivity index (χ1n) is 6.08. The highest BCUT2D eigenvalue weighted by molar-refractivity contribution is 7.99. The topological polar surface area (TPSA) is 35.2 Å². The van der Waals surface area contributed by atoms with Gasteiger partial charge in [0.25, 0.3) is 0 Å². The number of benzene rings is 1. The fourth-order valence-electron chi connectivity index (χ4n) is 2.02. The number of thioether (sulfide) groups is 1. The van der Waals surface area contributed by atoms with E-state index in [1.807, 2.05) is 11.8 Å². The van der Waals surface area contributed by atoms with Crippen molar-refractivity contribution >= 4 is 11.8 Å². The van der Waals surface area contributed by atoms with Gasteiger partial charge in [0.05, 0.1) is 7.11 Å². The van der Waals surface area contributed by atoms with E-state index in [1.165, 1.54) is 23.3 Å². The number of rotatable bonds is 6. The number of ether oxygens (including phenoxy) is 1. The molecule has 0 aliphatic heterocycles. The zero-order valence-corrected chi connectivity index (χ0v) is 12.1. The summed E-state index contributed by atoms with van der Waals surface area (Å²) in [7, 11) is 1.71. The molecule has 96 valence electrons. The lowest BCUT2D eigenvalue weighted by Crippen LogP contribution is -2.16. The molecule has 0 fully saturated rings. The van der Waals surface area contributed by atoms with E-state index >= 15 is 0 Å². The van der Waals surface area contributed by atoms with Crippen LogP contribution >= 0.6 is 11.8 Å². The van der Waals surface area contributed by atoms with Gasteiger partial charge in [-0.05, 0) is 43.2 Å². The van der Waals surface area contributed by atoms with E-state index in [0.29, 0.717) is 0 Å². The van der Waals surface area contributed by atoms with E-state index in [1.54, 1.807) is 7.11 Å². The minimum atomic E-state index is 0.0575. The molecule has 0 saturated carbocycles. The van der Waals surface area contributed by atoms with Gasteiger partial charge in [0.1, 0.15) is 5.75 Å². The summed E-state index contributed by atoms with van der Waals surface area (Å²) < 4.78 is 5.45. The van der Waals surface area contributed by atoms with E-state index in [4.69, 9.17) is 10.5 Å². The summed E-state index contributed by atoms with van der Waals surface area (Å²) in [5, 5.41) is 0. The Morgan fingerprint density at radius 3 is 2.65 bits per heavy atom. The maximum Gasteiger partial charge on any atom is 0.124 e. The van der Waals surface area contributed by atoms with Gasteiger partial charge in [-0.15, -0.1) is 0 Å².